The van der Waals surface area contributed by atoms with Crippen molar-refractivity contribution in [1.29, 1.82) is 0 Å². The molecular weight excluding hydrogens is 212 g/mol. The summed E-state index contributed by atoms with van der Waals surface area (Å²) in [5.74, 6) is 0.930. The van der Waals surface area contributed by atoms with Gasteiger partial charge >= 0.3 is 0 Å². The molecule has 1 heterocycles. The molecule has 0 saturated heterocycles. The SMILES string of the molecule is COc1ccc(N2NC(C)C(C)=C2C)cc1C. The molecule has 3 nitrogen and oxygen atoms in total. The van der Waals surface area contributed by atoms with Gasteiger partial charge in [0.05, 0.1) is 12.8 Å². The number of rotatable bonds is 2. The maximum Gasteiger partial charge on any atom is 0.121 e. The maximum atomic E-state index is 5.28. The summed E-state index contributed by atoms with van der Waals surface area (Å²) < 4.78 is 5.28. The number of benzene rings is 1. The molecule has 3 heteroatoms. The van der Waals surface area contributed by atoms with Crippen LogP contribution in [0.3, 0.4) is 0 Å². The molecular formula is C14H20N2O. The number of aryl methyl sites for hydroxylation is 1. The summed E-state index contributed by atoms with van der Waals surface area (Å²) in [6, 6.07) is 6.63. The molecule has 1 aromatic carbocycles. The summed E-state index contributed by atoms with van der Waals surface area (Å²) in [7, 11) is 1.70. The minimum Gasteiger partial charge on any atom is -0.496 e. The number of ether oxygens (including phenoxy) is 1. The van der Waals surface area contributed by atoms with Crippen molar-refractivity contribution in [3.8, 4) is 5.75 Å². The molecule has 1 unspecified atom stereocenters. The Labute approximate surface area is 103 Å². The van der Waals surface area contributed by atoms with Gasteiger partial charge in [0.25, 0.3) is 0 Å². The number of allylic oxidation sites excluding steroid dienone is 1. The molecule has 1 N–H and O–H groups in total. The first-order valence-corrected chi connectivity index (χ1v) is 5.93. The van der Waals surface area contributed by atoms with Gasteiger partial charge in [0.1, 0.15) is 5.75 Å². The van der Waals surface area contributed by atoms with Crippen molar-refractivity contribution < 1.29 is 4.74 Å². The van der Waals surface area contributed by atoms with E-state index in [0.717, 1.165) is 17.0 Å². The average Bonchev–Trinajstić information content (AvgIpc) is 2.57. The van der Waals surface area contributed by atoms with E-state index >= 15 is 0 Å². The monoisotopic (exact) mass is 232 g/mol. The Hall–Kier alpha value is -1.48. The second-order valence-corrected chi connectivity index (χ2v) is 4.61. The van der Waals surface area contributed by atoms with E-state index in [-0.39, 0.29) is 0 Å². The van der Waals surface area contributed by atoms with Crippen LogP contribution in [0.15, 0.2) is 29.5 Å². The molecule has 0 bridgehead atoms. The highest BCUT2D eigenvalue weighted by atomic mass is 16.5. The highest BCUT2D eigenvalue weighted by Crippen LogP contribution is 2.29. The largest absolute Gasteiger partial charge is 0.496 e. The zero-order chi connectivity index (χ0) is 12.6. The predicted octanol–water partition coefficient (Wildman–Crippen LogP) is 3.01. The quantitative estimate of drug-likeness (QED) is 0.848. The van der Waals surface area contributed by atoms with E-state index in [1.807, 2.05) is 6.07 Å². The summed E-state index contributed by atoms with van der Waals surface area (Å²) >= 11 is 0. The zero-order valence-corrected chi connectivity index (χ0v) is 11.2. The standard InChI is InChI=1S/C14H20N2O/c1-9-8-13(6-7-14(9)17-5)16-12(4)10(2)11(3)15-16/h6-8,11,15H,1-5H3. The lowest BCUT2D eigenvalue weighted by molar-refractivity contribution is 0.411. The number of hydrogen-bond acceptors (Lipinski definition) is 3. The van der Waals surface area contributed by atoms with E-state index in [2.05, 4.69) is 50.3 Å². The fraction of sp³-hybridized carbons (Fsp3) is 0.429. The lowest BCUT2D eigenvalue weighted by Crippen LogP contribution is -2.35. The van der Waals surface area contributed by atoms with E-state index in [9.17, 15) is 0 Å². The summed E-state index contributed by atoms with van der Waals surface area (Å²) in [5, 5.41) is 2.15. The molecule has 0 spiro atoms. The topological polar surface area (TPSA) is 24.5 Å². The number of nitrogens with one attached hydrogen (secondary N) is 1. The van der Waals surface area contributed by atoms with Crippen molar-refractivity contribution in [1.82, 2.24) is 5.43 Å². The van der Waals surface area contributed by atoms with Crippen LogP contribution in [0, 0.1) is 6.92 Å². The van der Waals surface area contributed by atoms with Gasteiger partial charge in [0, 0.05) is 11.7 Å². The second kappa shape index (κ2) is 4.41. The van der Waals surface area contributed by atoms with E-state index in [1.165, 1.54) is 11.3 Å². The smallest absolute Gasteiger partial charge is 0.121 e. The Morgan fingerprint density at radius 2 is 1.94 bits per heavy atom. The third-order valence-corrected chi connectivity index (χ3v) is 3.51. The third kappa shape index (κ3) is 2.03. The molecule has 17 heavy (non-hydrogen) atoms. The minimum atomic E-state index is 0.400. The number of methoxy groups -OCH3 is 1. The van der Waals surface area contributed by atoms with Gasteiger partial charge in [0.15, 0.2) is 0 Å². The average molecular weight is 232 g/mol. The number of hydrazine groups is 1. The van der Waals surface area contributed by atoms with E-state index in [1.54, 1.807) is 7.11 Å². The second-order valence-electron chi connectivity index (χ2n) is 4.61. The summed E-state index contributed by atoms with van der Waals surface area (Å²) in [6.07, 6.45) is 0. The zero-order valence-electron chi connectivity index (χ0n) is 11.2. The van der Waals surface area contributed by atoms with Gasteiger partial charge in [-0.3, -0.25) is 5.01 Å². The van der Waals surface area contributed by atoms with Gasteiger partial charge in [-0.2, -0.15) is 0 Å². The molecule has 0 amide bonds. The number of anilines is 1. The molecule has 1 aliphatic rings. The maximum absolute atomic E-state index is 5.28. The summed E-state index contributed by atoms with van der Waals surface area (Å²) in [5.41, 5.74) is 8.43. The highest BCUT2D eigenvalue weighted by molar-refractivity contribution is 5.58. The van der Waals surface area contributed by atoms with Crippen LogP contribution in [-0.4, -0.2) is 13.2 Å². The predicted molar refractivity (Wildman–Crippen MR) is 71.2 cm³/mol. The molecule has 1 atom stereocenters. The van der Waals surface area contributed by atoms with Crippen LogP contribution >= 0.6 is 0 Å². The molecule has 0 fully saturated rings. The Morgan fingerprint density at radius 3 is 2.41 bits per heavy atom. The van der Waals surface area contributed by atoms with Crippen molar-refractivity contribution in [2.24, 2.45) is 0 Å². The first kappa shape index (κ1) is 12.0. The van der Waals surface area contributed by atoms with Gasteiger partial charge in [-0.1, -0.05) is 0 Å². The first-order chi connectivity index (χ1) is 8.04. The molecule has 0 aromatic heterocycles. The summed E-state index contributed by atoms with van der Waals surface area (Å²) in [4.78, 5) is 0. The van der Waals surface area contributed by atoms with Crippen LogP contribution in [0.4, 0.5) is 5.69 Å². The fourth-order valence-corrected chi connectivity index (χ4v) is 2.15. The van der Waals surface area contributed by atoms with Gasteiger partial charge in [-0.25, -0.2) is 5.43 Å². The molecule has 92 valence electrons. The Balaban J connectivity index is 2.34. The van der Waals surface area contributed by atoms with Crippen LogP contribution in [-0.2, 0) is 0 Å². The van der Waals surface area contributed by atoms with Crippen LogP contribution in [0.5, 0.6) is 5.75 Å². The number of hydrogen-bond donors (Lipinski definition) is 1. The van der Waals surface area contributed by atoms with Crippen LogP contribution in [0.25, 0.3) is 0 Å². The van der Waals surface area contributed by atoms with E-state index in [4.69, 9.17) is 4.74 Å². The Morgan fingerprint density at radius 1 is 1.24 bits per heavy atom. The number of nitrogens with zero attached hydrogens (tertiary/aromatic N) is 1. The van der Waals surface area contributed by atoms with Gasteiger partial charge in [-0.15, -0.1) is 0 Å². The van der Waals surface area contributed by atoms with Gasteiger partial charge < -0.3 is 4.74 Å². The van der Waals surface area contributed by atoms with Crippen LogP contribution in [0.1, 0.15) is 26.3 Å². The van der Waals surface area contributed by atoms with Crippen molar-refractivity contribution in [2.45, 2.75) is 33.7 Å². The van der Waals surface area contributed by atoms with Gasteiger partial charge in [0.2, 0.25) is 0 Å². The van der Waals surface area contributed by atoms with Crippen LogP contribution in [0.2, 0.25) is 0 Å². The first-order valence-electron chi connectivity index (χ1n) is 5.93. The van der Waals surface area contributed by atoms with Crippen molar-refractivity contribution in [3.63, 3.8) is 0 Å². The minimum absolute atomic E-state index is 0.400. The molecule has 1 aliphatic heterocycles. The van der Waals surface area contributed by atoms with E-state index < -0.39 is 0 Å². The van der Waals surface area contributed by atoms with Crippen molar-refractivity contribution in [2.75, 3.05) is 12.1 Å². The molecule has 0 aliphatic carbocycles. The Bertz CT molecular complexity index is 465. The van der Waals surface area contributed by atoms with E-state index in [0.29, 0.717) is 6.04 Å². The lowest BCUT2D eigenvalue weighted by atomic mass is 10.1. The summed E-state index contributed by atoms with van der Waals surface area (Å²) in [6.45, 7) is 8.55. The Kier molecular flexibility index (Phi) is 3.11. The normalized spacial score (nSPS) is 20.1. The molecule has 1 aromatic rings. The third-order valence-electron chi connectivity index (χ3n) is 3.51. The fourth-order valence-electron chi connectivity index (χ4n) is 2.15. The van der Waals surface area contributed by atoms with Crippen LogP contribution < -0.4 is 15.2 Å². The van der Waals surface area contributed by atoms with Crippen molar-refractivity contribution in [3.05, 3.63) is 35.0 Å². The highest BCUT2D eigenvalue weighted by Gasteiger charge is 2.23. The van der Waals surface area contributed by atoms with Crippen molar-refractivity contribution >= 4 is 5.69 Å². The molecule has 0 radical (unpaired) electrons. The molecule has 0 saturated carbocycles. The lowest BCUT2D eigenvalue weighted by Gasteiger charge is -2.22. The molecule has 2 rings (SSSR count). The van der Waals surface area contributed by atoms with Gasteiger partial charge in [-0.05, 0) is 57.0 Å².